The van der Waals surface area contributed by atoms with Crippen molar-refractivity contribution in [1.82, 2.24) is 0 Å². The predicted octanol–water partition coefficient (Wildman–Crippen LogP) is 3.81. The maximum absolute atomic E-state index is 14.0. The van der Waals surface area contributed by atoms with Gasteiger partial charge in [0, 0.05) is 18.4 Å². The van der Waals surface area contributed by atoms with E-state index in [0.29, 0.717) is 6.54 Å². The molecule has 3 nitrogen and oxygen atoms in total. The van der Waals surface area contributed by atoms with Crippen LogP contribution in [-0.2, 0) is 13.0 Å². The molecule has 24 heavy (non-hydrogen) atoms. The Kier molecular flexibility index (Phi) is 4.84. The Labute approximate surface area is 142 Å². The van der Waals surface area contributed by atoms with Gasteiger partial charge in [-0.05, 0) is 29.8 Å². The van der Waals surface area contributed by atoms with E-state index in [2.05, 4.69) is 17.6 Å². The number of fused-ring (bicyclic) bond motifs is 1. The second kappa shape index (κ2) is 7.04. The van der Waals surface area contributed by atoms with Gasteiger partial charge in [0.25, 0.3) is 0 Å². The van der Waals surface area contributed by atoms with Crippen LogP contribution in [0, 0.1) is 5.82 Å². The van der Waals surface area contributed by atoms with Crippen LogP contribution in [0.2, 0.25) is 0 Å². The molecule has 1 aliphatic rings. The van der Waals surface area contributed by atoms with Crippen LogP contribution in [0.4, 0.5) is 4.39 Å². The lowest BCUT2D eigenvalue weighted by atomic mass is 9.94. The molecule has 1 aliphatic heterocycles. The van der Waals surface area contributed by atoms with Gasteiger partial charge in [0.2, 0.25) is 0 Å². The molecule has 2 aromatic rings. The van der Waals surface area contributed by atoms with Gasteiger partial charge >= 0.3 is 0 Å². The number of hydrogen-bond donors (Lipinski definition) is 0. The predicted molar refractivity (Wildman–Crippen MR) is 92.9 cm³/mol. The zero-order valence-corrected chi connectivity index (χ0v) is 14.4. The van der Waals surface area contributed by atoms with E-state index < -0.39 is 0 Å². The van der Waals surface area contributed by atoms with Gasteiger partial charge in [-0.3, -0.25) is 0 Å². The average molecular weight is 328 g/mol. The maximum atomic E-state index is 14.0. The van der Waals surface area contributed by atoms with Crippen molar-refractivity contribution in [3.8, 4) is 11.5 Å². The molecule has 0 unspecified atom stereocenters. The molecule has 0 radical (unpaired) electrons. The third-order valence-electron chi connectivity index (χ3n) is 4.61. The average Bonchev–Trinajstić information content (AvgIpc) is 2.62. The summed E-state index contributed by atoms with van der Waals surface area (Å²) in [5.41, 5.74) is 4.39. The van der Waals surface area contributed by atoms with Crippen molar-refractivity contribution < 1.29 is 18.4 Å². The first kappa shape index (κ1) is 16.5. The van der Waals surface area contributed by atoms with Crippen LogP contribution in [0.15, 0.2) is 36.4 Å². The number of ether oxygens (including phenoxy) is 2. The standard InChI is InChI=1S/C20H23FNO2/c1-4-18-16-12-20(24-3)19(23-2)11-14(16)9-10-22(18)13-15-7-5-6-8-17(15)21/h5-8,11-12H,4,9-10,13H2,1-3H3/q+1. The minimum Gasteiger partial charge on any atom is -0.493 e. The first-order valence-electron chi connectivity index (χ1n) is 8.27. The summed E-state index contributed by atoms with van der Waals surface area (Å²) in [6.45, 7) is 3.60. The Morgan fingerprint density at radius 2 is 1.79 bits per heavy atom. The van der Waals surface area contributed by atoms with Crippen LogP contribution in [-0.4, -0.2) is 31.1 Å². The highest BCUT2D eigenvalue weighted by molar-refractivity contribution is 5.99. The van der Waals surface area contributed by atoms with Crippen molar-refractivity contribution in [3.05, 3.63) is 58.9 Å². The monoisotopic (exact) mass is 328 g/mol. The van der Waals surface area contributed by atoms with Crippen LogP contribution in [0.5, 0.6) is 11.5 Å². The van der Waals surface area contributed by atoms with Gasteiger partial charge < -0.3 is 9.47 Å². The van der Waals surface area contributed by atoms with Crippen molar-refractivity contribution in [3.63, 3.8) is 0 Å². The van der Waals surface area contributed by atoms with E-state index in [1.54, 1.807) is 20.3 Å². The van der Waals surface area contributed by atoms with E-state index in [-0.39, 0.29) is 5.82 Å². The summed E-state index contributed by atoms with van der Waals surface area (Å²) in [4.78, 5) is 0. The van der Waals surface area contributed by atoms with Gasteiger partial charge in [0.15, 0.2) is 23.8 Å². The van der Waals surface area contributed by atoms with Crippen LogP contribution < -0.4 is 9.47 Å². The van der Waals surface area contributed by atoms with Crippen LogP contribution >= 0.6 is 0 Å². The normalized spacial score (nSPS) is 13.7. The number of nitrogens with zero attached hydrogens (tertiary/aromatic N) is 1. The zero-order valence-electron chi connectivity index (χ0n) is 14.4. The van der Waals surface area contributed by atoms with E-state index in [1.807, 2.05) is 18.2 Å². The van der Waals surface area contributed by atoms with Crippen LogP contribution in [0.1, 0.15) is 30.0 Å². The molecule has 0 saturated carbocycles. The summed E-state index contributed by atoms with van der Waals surface area (Å²) in [7, 11) is 3.30. The summed E-state index contributed by atoms with van der Waals surface area (Å²) in [6.07, 6.45) is 1.80. The lowest BCUT2D eigenvalue weighted by molar-refractivity contribution is -0.546. The lowest BCUT2D eigenvalue weighted by Gasteiger charge is -2.20. The molecule has 4 heteroatoms. The molecule has 0 amide bonds. The Morgan fingerprint density at radius 1 is 1.08 bits per heavy atom. The molecule has 0 bridgehead atoms. The third kappa shape index (κ3) is 3.01. The summed E-state index contributed by atoms with van der Waals surface area (Å²) in [6, 6.07) is 11.1. The van der Waals surface area contributed by atoms with E-state index in [4.69, 9.17) is 9.47 Å². The largest absolute Gasteiger partial charge is 0.493 e. The van der Waals surface area contributed by atoms with Gasteiger partial charge in [0.05, 0.1) is 19.8 Å². The first-order valence-corrected chi connectivity index (χ1v) is 8.27. The summed E-state index contributed by atoms with van der Waals surface area (Å²) >= 11 is 0. The molecule has 0 atom stereocenters. The molecule has 0 saturated heterocycles. The van der Waals surface area contributed by atoms with Gasteiger partial charge in [-0.1, -0.05) is 19.1 Å². The third-order valence-corrected chi connectivity index (χ3v) is 4.61. The minimum atomic E-state index is -0.147. The fourth-order valence-electron chi connectivity index (χ4n) is 3.38. The van der Waals surface area contributed by atoms with Crippen LogP contribution in [0.25, 0.3) is 0 Å². The van der Waals surface area contributed by atoms with Gasteiger partial charge in [-0.15, -0.1) is 0 Å². The molecule has 1 heterocycles. The molecule has 0 spiro atoms. The highest BCUT2D eigenvalue weighted by Crippen LogP contribution is 2.33. The topological polar surface area (TPSA) is 21.5 Å². The van der Waals surface area contributed by atoms with Gasteiger partial charge in [-0.2, -0.15) is 0 Å². The Hall–Kier alpha value is -2.36. The van der Waals surface area contributed by atoms with E-state index in [1.165, 1.54) is 22.9 Å². The van der Waals surface area contributed by atoms with Crippen molar-refractivity contribution in [1.29, 1.82) is 0 Å². The highest BCUT2D eigenvalue weighted by atomic mass is 19.1. The molecular formula is C20H23FNO2+. The minimum absolute atomic E-state index is 0.147. The molecule has 0 fully saturated rings. The van der Waals surface area contributed by atoms with Crippen molar-refractivity contribution in [2.45, 2.75) is 26.3 Å². The summed E-state index contributed by atoms with van der Waals surface area (Å²) in [5, 5.41) is 0. The van der Waals surface area contributed by atoms with Gasteiger partial charge in [-0.25, -0.2) is 8.97 Å². The number of rotatable bonds is 5. The quantitative estimate of drug-likeness (QED) is 0.779. The number of benzene rings is 2. The molecule has 0 aromatic heterocycles. The Morgan fingerprint density at radius 3 is 2.46 bits per heavy atom. The smallest absolute Gasteiger partial charge is 0.183 e. The van der Waals surface area contributed by atoms with Crippen molar-refractivity contribution in [2.24, 2.45) is 0 Å². The van der Waals surface area contributed by atoms with Gasteiger partial charge in [0.1, 0.15) is 12.4 Å². The summed E-state index contributed by atoms with van der Waals surface area (Å²) < 4.78 is 27.1. The van der Waals surface area contributed by atoms with E-state index in [0.717, 1.165) is 36.4 Å². The fraction of sp³-hybridized carbons (Fsp3) is 0.350. The van der Waals surface area contributed by atoms with E-state index >= 15 is 0 Å². The second-order valence-corrected chi connectivity index (χ2v) is 5.93. The number of hydrogen-bond acceptors (Lipinski definition) is 2. The van der Waals surface area contributed by atoms with Crippen molar-refractivity contribution in [2.75, 3.05) is 20.8 Å². The maximum Gasteiger partial charge on any atom is 0.183 e. The highest BCUT2D eigenvalue weighted by Gasteiger charge is 2.27. The van der Waals surface area contributed by atoms with Crippen molar-refractivity contribution >= 4 is 5.71 Å². The molecule has 2 aromatic carbocycles. The molecule has 3 rings (SSSR count). The zero-order chi connectivity index (χ0) is 17.1. The van der Waals surface area contributed by atoms with E-state index in [9.17, 15) is 4.39 Å². The summed E-state index contributed by atoms with van der Waals surface area (Å²) in [5.74, 6) is 1.34. The SMILES string of the molecule is CCC1=[N+](Cc2ccccc2F)CCc2cc(OC)c(OC)cc21. The second-order valence-electron chi connectivity index (χ2n) is 5.93. The molecule has 126 valence electrons. The van der Waals surface area contributed by atoms with Crippen LogP contribution in [0.3, 0.4) is 0 Å². The molecular weight excluding hydrogens is 305 g/mol. The number of methoxy groups -OCH3 is 2. The molecule has 0 aliphatic carbocycles. The Balaban J connectivity index is 2.05. The first-order chi connectivity index (χ1) is 11.7. The number of halogens is 1. The fourth-order valence-corrected chi connectivity index (χ4v) is 3.38. The lowest BCUT2D eigenvalue weighted by Crippen LogP contribution is -2.30. The molecule has 0 N–H and O–H groups in total. The Bertz CT molecular complexity index is 783.